The lowest BCUT2D eigenvalue weighted by Gasteiger charge is -2.07. The Morgan fingerprint density at radius 2 is 2.00 bits per heavy atom. The standard InChI is InChI=1S/C16H17NO/c1-12-9-14-10-13(7-8-16(14)18-12)11-17-15-5-3-2-4-6-15/h2-8,10,12,17H,9,11H2,1H3/t12-/m0/s1. The summed E-state index contributed by atoms with van der Waals surface area (Å²) < 4.78 is 5.70. The molecule has 92 valence electrons. The topological polar surface area (TPSA) is 21.3 Å². The third-order valence-corrected chi connectivity index (χ3v) is 3.23. The van der Waals surface area contributed by atoms with Crippen molar-refractivity contribution in [1.29, 1.82) is 0 Å². The van der Waals surface area contributed by atoms with Gasteiger partial charge < -0.3 is 10.1 Å². The maximum absolute atomic E-state index is 5.70. The van der Waals surface area contributed by atoms with Gasteiger partial charge in [0.2, 0.25) is 0 Å². The van der Waals surface area contributed by atoms with E-state index in [9.17, 15) is 0 Å². The zero-order chi connectivity index (χ0) is 12.4. The molecule has 1 N–H and O–H groups in total. The number of hydrogen-bond acceptors (Lipinski definition) is 2. The normalized spacial score (nSPS) is 17.1. The van der Waals surface area contributed by atoms with Crippen LogP contribution in [0.15, 0.2) is 48.5 Å². The monoisotopic (exact) mass is 239 g/mol. The molecule has 1 heterocycles. The molecule has 0 aromatic heterocycles. The van der Waals surface area contributed by atoms with E-state index >= 15 is 0 Å². The summed E-state index contributed by atoms with van der Waals surface area (Å²) in [7, 11) is 0. The van der Waals surface area contributed by atoms with E-state index in [2.05, 4.69) is 42.6 Å². The number of hydrogen-bond donors (Lipinski definition) is 1. The number of fused-ring (bicyclic) bond motifs is 1. The molecule has 2 nitrogen and oxygen atoms in total. The molecule has 0 fully saturated rings. The maximum Gasteiger partial charge on any atom is 0.123 e. The minimum atomic E-state index is 0.317. The van der Waals surface area contributed by atoms with Gasteiger partial charge in [-0.2, -0.15) is 0 Å². The number of benzene rings is 2. The fourth-order valence-corrected chi connectivity index (χ4v) is 2.35. The quantitative estimate of drug-likeness (QED) is 0.883. The highest BCUT2D eigenvalue weighted by atomic mass is 16.5. The van der Waals surface area contributed by atoms with Crippen LogP contribution in [0.25, 0.3) is 0 Å². The third kappa shape index (κ3) is 2.33. The van der Waals surface area contributed by atoms with Gasteiger partial charge in [-0.1, -0.05) is 30.3 Å². The summed E-state index contributed by atoms with van der Waals surface area (Å²) in [6.07, 6.45) is 1.34. The van der Waals surface area contributed by atoms with Crippen molar-refractivity contribution in [2.24, 2.45) is 0 Å². The second-order valence-electron chi connectivity index (χ2n) is 4.79. The van der Waals surface area contributed by atoms with E-state index in [4.69, 9.17) is 4.74 Å². The van der Waals surface area contributed by atoms with Crippen LogP contribution in [0.1, 0.15) is 18.1 Å². The van der Waals surface area contributed by atoms with Crippen LogP contribution < -0.4 is 10.1 Å². The van der Waals surface area contributed by atoms with E-state index in [1.807, 2.05) is 18.2 Å². The Morgan fingerprint density at radius 3 is 2.83 bits per heavy atom. The van der Waals surface area contributed by atoms with Gasteiger partial charge in [-0.3, -0.25) is 0 Å². The van der Waals surface area contributed by atoms with E-state index in [0.717, 1.165) is 24.4 Å². The first kappa shape index (κ1) is 11.1. The number of para-hydroxylation sites is 1. The van der Waals surface area contributed by atoms with E-state index in [1.54, 1.807) is 0 Å². The van der Waals surface area contributed by atoms with Crippen molar-refractivity contribution in [3.63, 3.8) is 0 Å². The van der Waals surface area contributed by atoms with E-state index in [-0.39, 0.29) is 0 Å². The molecule has 0 radical (unpaired) electrons. The Labute approximate surface area is 108 Å². The van der Waals surface area contributed by atoms with Crippen LogP contribution in [-0.4, -0.2) is 6.10 Å². The predicted octanol–water partition coefficient (Wildman–Crippen LogP) is 3.62. The first-order chi connectivity index (χ1) is 8.81. The van der Waals surface area contributed by atoms with Gasteiger partial charge in [0.05, 0.1) is 0 Å². The molecule has 0 spiro atoms. The smallest absolute Gasteiger partial charge is 0.123 e. The van der Waals surface area contributed by atoms with Gasteiger partial charge in [-0.25, -0.2) is 0 Å². The van der Waals surface area contributed by atoms with Crippen LogP contribution in [0.4, 0.5) is 5.69 Å². The Kier molecular flexibility index (Phi) is 2.93. The average Bonchev–Trinajstić information content (AvgIpc) is 2.77. The fourth-order valence-electron chi connectivity index (χ4n) is 2.35. The Morgan fingerprint density at radius 1 is 1.17 bits per heavy atom. The van der Waals surface area contributed by atoms with E-state index in [1.165, 1.54) is 11.1 Å². The van der Waals surface area contributed by atoms with Gasteiger partial charge in [0.15, 0.2) is 0 Å². The summed E-state index contributed by atoms with van der Waals surface area (Å²) in [5, 5.41) is 3.42. The van der Waals surface area contributed by atoms with Crippen molar-refractivity contribution in [2.45, 2.75) is 26.0 Å². The molecule has 1 atom stereocenters. The Balaban J connectivity index is 1.69. The van der Waals surface area contributed by atoms with E-state index in [0.29, 0.717) is 6.10 Å². The molecule has 0 amide bonds. The predicted molar refractivity (Wildman–Crippen MR) is 74.0 cm³/mol. The maximum atomic E-state index is 5.70. The zero-order valence-corrected chi connectivity index (χ0v) is 10.5. The minimum Gasteiger partial charge on any atom is -0.490 e. The van der Waals surface area contributed by atoms with Gasteiger partial charge in [0.1, 0.15) is 11.9 Å². The SMILES string of the molecule is C[C@H]1Cc2cc(CNc3ccccc3)ccc2O1. The summed E-state index contributed by atoms with van der Waals surface area (Å²) in [5.41, 5.74) is 3.78. The minimum absolute atomic E-state index is 0.317. The molecule has 0 saturated heterocycles. The van der Waals surface area contributed by atoms with Crippen LogP contribution in [0, 0.1) is 0 Å². The lowest BCUT2D eigenvalue weighted by Crippen LogP contribution is -2.05. The lowest BCUT2D eigenvalue weighted by molar-refractivity contribution is 0.254. The summed E-state index contributed by atoms with van der Waals surface area (Å²) >= 11 is 0. The second kappa shape index (κ2) is 4.73. The molecule has 2 aromatic carbocycles. The highest BCUT2D eigenvalue weighted by molar-refractivity contribution is 5.45. The van der Waals surface area contributed by atoms with Gasteiger partial charge >= 0.3 is 0 Å². The highest BCUT2D eigenvalue weighted by Crippen LogP contribution is 2.29. The van der Waals surface area contributed by atoms with Crippen molar-refractivity contribution >= 4 is 5.69 Å². The molecule has 18 heavy (non-hydrogen) atoms. The molecule has 0 unspecified atom stereocenters. The molecule has 0 saturated carbocycles. The van der Waals surface area contributed by atoms with Crippen LogP contribution in [-0.2, 0) is 13.0 Å². The summed E-state index contributed by atoms with van der Waals surface area (Å²) in [6, 6.07) is 16.7. The van der Waals surface area contributed by atoms with Gasteiger partial charge in [-0.05, 0) is 36.2 Å². The van der Waals surface area contributed by atoms with Crippen molar-refractivity contribution < 1.29 is 4.74 Å². The fraction of sp³-hybridized carbons (Fsp3) is 0.250. The van der Waals surface area contributed by atoms with Crippen molar-refractivity contribution in [2.75, 3.05) is 5.32 Å². The lowest BCUT2D eigenvalue weighted by atomic mass is 10.1. The summed E-state index contributed by atoms with van der Waals surface area (Å²) in [6.45, 7) is 2.97. The van der Waals surface area contributed by atoms with Crippen molar-refractivity contribution in [1.82, 2.24) is 0 Å². The molecular weight excluding hydrogens is 222 g/mol. The number of ether oxygens (including phenoxy) is 1. The highest BCUT2D eigenvalue weighted by Gasteiger charge is 2.18. The van der Waals surface area contributed by atoms with Gasteiger partial charge in [-0.15, -0.1) is 0 Å². The van der Waals surface area contributed by atoms with Crippen LogP contribution >= 0.6 is 0 Å². The summed E-state index contributed by atoms with van der Waals surface area (Å²) in [5.74, 6) is 1.05. The van der Waals surface area contributed by atoms with Crippen LogP contribution in [0.5, 0.6) is 5.75 Å². The molecule has 2 aromatic rings. The molecule has 0 aliphatic carbocycles. The van der Waals surface area contributed by atoms with E-state index < -0.39 is 0 Å². The van der Waals surface area contributed by atoms with Gasteiger partial charge in [0.25, 0.3) is 0 Å². The Bertz CT molecular complexity index is 536. The zero-order valence-electron chi connectivity index (χ0n) is 10.5. The number of rotatable bonds is 3. The Hall–Kier alpha value is -1.96. The first-order valence-electron chi connectivity index (χ1n) is 6.38. The largest absolute Gasteiger partial charge is 0.490 e. The van der Waals surface area contributed by atoms with Crippen LogP contribution in [0.3, 0.4) is 0 Å². The second-order valence-corrected chi connectivity index (χ2v) is 4.79. The number of nitrogens with one attached hydrogen (secondary N) is 1. The molecular formula is C16H17NO. The molecule has 3 rings (SSSR count). The third-order valence-electron chi connectivity index (χ3n) is 3.23. The molecule has 1 aliphatic heterocycles. The molecule has 0 bridgehead atoms. The van der Waals surface area contributed by atoms with Crippen LogP contribution in [0.2, 0.25) is 0 Å². The summed E-state index contributed by atoms with van der Waals surface area (Å²) in [4.78, 5) is 0. The average molecular weight is 239 g/mol. The molecule has 1 aliphatic rings. The number of anilines is 1. The van der Waals surface area contributed by atoms with Crippen molar-refractivity contribution in [3.8, 4) is 5.75 Å². The van der Waals surface area contributed by atoms with Crippen molar-refractivity contribution in [3.05, 3.63) is 59.7 Å². The molecule has 2 heteroatoms. The first-order valence-corrected chi connectivity index (χ1v) is 6.38. The van der Waals surface area contributed by atoms with Gasteiger partial charge in [0, 0.05) is 18.7 Å².